The zero-order chi connectivity index (χ0) is 17.9. The lowest BCUT2D eigenvalue weighted by Gasteiger charge is -2.07. The van der Waals surface area contributed by atoms with Crippen LogP contribution < -0.4 is 20.3 Å². The first kappa shape index (κ1) is 16.4. The van der Waals surface area contributed by atoms with Crippen LogP contribution in [0.15, 0.2) is 41.2 Å². The predicted octanol–water partition coefficient (Wildman–Crippen LogP) is 1.68. The van der Waals surface area contributed by atoms with E-state index in [4.69, 9.17) is 9.47 Å². The van der Waals surface area contributed by atoms with Crippen molar-refractivity contribution < 1.29 is 14.3 Å². The van der Waals surface area contributed by atoms with Gasteiger partial charge in [-0.2, -0.15) is 5.10 Å². The molecule has 7 heteroatoms. The van der Waals surface area contributed by atoms with Crippen molar-refractivity contribution in [3.8, 4) is 11.5 Å². The molecule has 0 spiro atoms. The van der Waals surface area contributed by atoms with Crippen LogP contribution in [0.5, 0.6) is 11.5 Å². The Kier molecular flexibility index (Phi) is 4.43. The van der Waals surface area contributed by atoms with Crippen molar-refractivity contribution >= 4 is 12.0 Å². The lowest BCUT2D eigenvalue weighted by molar-refractivity contribution is -0.116. The number of carbonyl (C=O) groups is 1. The third kappa shape index (κ3) is 3.77. The SMILES string of the molecule is O=C(/C=C/c1ccc2c(c1)OCO2)NCCn1nc(C2CC2)ccc1=O. The minimum atomic E-state index is -0.228. The van der Waals surface area contributed by atoms with Crippen molar-refractivity contribution in [2.75, 3.05) is 13.3 Å². The van der Waals surface area contributed by atoms with E-state index in [1.165, 1.54) is 10.8 Å². The fraction of sp³-hybridized carbons (Fsp3) is 0.316. The van der Waals surface area contributed by atoms with E-state index in [0.717, 1.165) is 24.1 Å². The fourth-order valence-electron chi connectivity index (χ4n) is 2.75. The Morgan fingerprint density at radius 2 is 2.08 bits per heavy atom. The molecule has 1 N–H and O–H groups in total. The molecule has 1 aliphatic heterocycles. The Labute approximate surface area is 150 Å². The van der Waals surface area contributed by atoms with Gasteiger partial charge in [-0.25, -0.2) is 4.68 Å². The zero-order valence-corrected chi connectivity index (χ0v) is 14.2. The summed E-state index contributed by atoms with van der Waals surface area (Å²) >= 11 is 0. The Balaban J connectivity index is 1.30. The van der Waals surface area contributed by atoms with Crippen LogP contribution in [0.1, 0.15) is 30.0 Å². The third-order valence-electron chi connectivity index (χ3n) is 4.33. The van der Waals surface area contributed by atoms with Gasteiger partial charge in [-0.05, 0) is 42.7 Å². The molecular formula is C19H19N3O4. The molecule has 1 aromatic carbocycles. The van der Waals surface area contributed by atoms with Gasteiger partial charge in [0.2, 0.25) is 12.7 Å². The van der Waals surface area contributed by atoms with Gasteiger partial charge >= 0.3 is 0 Å². The number of rotatable bonds is 6. The molecule has 0 saturated heterocycles. The van der Waals surface area contributed by atoms with Gasteiger partial charge in [-0.15, -0.1) is 0 Å². The maximum atomic E-state index is 11.9. The Morgan fingerprint density at radius 3 is 2.92 bits per heavy atom. The second-order valence-electron chi connectivity index (χ2n) is 6.33. The number of nitrogens with zero attached hydrogens (tertiary/aromatic N) is 2. The van der Waals surface area contributed by atoms with Crippen LogP contribution in [0.4, 0.5) is 0 Å². The lowest BCUT2D eigenvalue weighted by atomic mass is 10.2. The summed E-state index contributed by atoms with van der Waals surface area (Å²) in [5, 5.41) is 7.13. The number of benzene rings is 1. The molecule has 2 aromatic rings. The van der Waals surface area contributed by atoms with Gasteiger partial charge in [0.15, 0.2) is 11.5 Å². The number of amides is 1. The molecule has 2 heterocycles. The van der Waals surface area contributed by atoms with E-state index in [2.05, 4.69) is 10.4 Å². The molecule has 0 atom stereocenters. The van der Waals surface area contributed by atoms with Crippen LogP contribution in [-0.2, 0) is 11.3 Å². The predicted molar refractivity (Wildman–Crippen MR) is 95.1 cm³/mol. The summed E-state index contributed by atoms with van der Waals surface area (Å²) in [4.78, 5) is 23.8. The monoisotopic (exact) mass is 353 g/mol. The van der Waals surface area contributed by atoms with Crippen LogP contribution in [-0.4, -0.2) is 29.0 Å². The van der Waals surface area contributed by atoms with Crippen LogP contribution in [0.25, 0.3) is 6.08 Å². The van der Waals surface area contributed by atoms with E-state index >= 15 is 0 Å². The molecule has 1 fully saturated rings. The Bertz CT molecular complexity index is 915. The van der Waals surface area contributed by atoms with Crippen molar-refractivity contribution in [2.24, 2.45) is 0 Å². The van der Waals surface area contributed by atoms with Crippen LogP contribution in [0.3, 0.4) is 0 Å². The molecule has 1 aliphatic carbocycles. The second-order valence-corrected chi connectivity index (χ2v) is 6.33. The van der Waals surface area contributed by atoms with E-state index in [-0.39, 0.29) is 18.3 Å². The van der Waals surface area contributed by atoms with Gasteiger partial charge in [0, 0.05) is 24.6 Å². The topological polar surface area (TPSA) is 82.4 Å². The average Bonchev–Trinajstić information content (AvgIpc) is 3.39. The molecule has 26 heavy (non-hydrogen) atoms. The number of ether oxygens (including phenoxy) is 2. The summed E-state index contributed by atoms with van der Waals surface area (Å²) in [6.07, 6.45) is 5.42. The number of hydrogen-bond acceptors (Lipinski definition) is 5. The molecule has 1 aromatic heterocycles. The lowest BCUT2D eigenvalue weighted by Crippen LogP contribution is -2.31. The van der Waals surface area contributed by atoms with Crippen molar-refractivity contribution in [1.29, 1.82) is 0 Å². The molecule has 0 radical (unpaired) electrons. The van der Waals surface area contributed by atoms with Crippen molar-refractivity contribution in [3.63, 3.8) is 0 Å². The highest BCUT2D eigenvalue weighted by atomic mass is 16.7. The number of carbonyl (C=O) groups excluding carboxylic acids is 1. The first-order chi connectivity index (χ1) is 12.7. The van der Waals surface area contributed by atoms with Gasteiger partial charge in [0.05, 0.1) is 12.2 Å². The number of fused-ring (bicyclic) bond motifs is 1. The number of hydrogen-bond donors (Lipinski definition) is 1. The largest absolute Gasteiger partial charge is 0.454 e. The van der Waals surface area contributed by atoms with E-state index in [9.17, 15) is 9.59 Å². The minimum absolute atomic E-state index is 0.153. The summed E-state index contributed by atoms with van der Waals surface area (Å²) in [5.74, 6) is 1.64. The summed E-state index contributed by atoms with van der Waals surface area (Å²) in [7, 11) is 0. The standard InChI is InChI=1S/C19H19N3O4/c23-18(7-2-13-1-6-16-17(11-13)26-12-25-16)20-9-10-22-19(24)8-5-15(21-22)14-3-4-14/h1-2,5-8,11,14H,3-4,9-10,12H2,(H,20,23)/b7-2+. The summed E-state index contributed by atoms with van der Waals surface area (Å²) in [6, 6.07) is 8.82. The van der Waals surface area contributed by atoms with Gasteiger partial charge < -0.3 is 14.8 Å². The molecule has 1 amide bonds. The first-order valence-corrected chi connectivity index (χ1v) is 8.63. The molecular weight excluding hydrogens is 334 g/mol. The number of aromatic nitrogens is 2. The quantitative estimate of drug-likeness (QED) is 0.799. The molecule has 7 nitrogen and oxygen atoms in total. The highest BCUT2D eigenvalue weighted by Crippen LogP contribution is 2.38. The summed E-state index contributed by atoms with van der Waals surface area (Å²) in [6.45, 7) is 0.909. The summed E-state index contributed by atoms with van der Waals surface area (Å²) < 4.78 is 12.0. The van der Waals surface area contributed by atoms with Crippen LogP contribution in [0.2, 0.25) is 0 Å². The normalized spacial score (nSPS) is 15.4. The maximum Gasteiger partial charge on any atom is 0.266 e. The smallest absolute Gasteiger partial charge is 0.266 e. The fourth-order valence-corrected chi connectivity index (χ4v) is 2.75. The van der Waals surface area contributed by atoms with Gasteiger partial charge in [0.1, 0.15) is 0 Å². The van der Waals surface area contributed by atoms with Gasteiger partial charge in [0.25, 0.3) is 5.56 Å². The zero-order valence-electron chi connectivity index (χ0n) is 14.2. The van der Waals surface area contributed by atoms with Crippen molar-refractivity contribution in [1.82, 2.24) is 15.1 Å². The van der Waals surface area contributed by atoms with E-state index in [0.29, 0.717) is 30.5 Å². The number of nitrogens with one attached hydrogen (secondary N) is 1. The first-order valence-electron chi connectivity index (χ1n) is 8.63. The Hall–Kier alpha value is -3.09. The van der Waals surface area contributed by atoms with Crippen molar-refractivity contribution in [3.05, 3.63) is 58.0 Å². The summed E-state index contributed by atoms with van der Waals surface area (Å²) in [5.41, 5.74) is 1.65. The van der Waals surface area contributed by atoms with E-state index in [1.807, 2.05) is 18.2 Å². The molecule has 0 unspecified atom stereocenters. The van der Waals surface area contributed by atoms with Gasteiger partial charge in [-0.1, -0.05) is 6.07 Å². The Morgan fingerprint density at radius 1 is 1.23 bits per heavy atom. The van der Waals surface area contributed by atoms with E-state index in [1.54, 1.807) is 18.2 Å². The molecule has 2 aliphatic rings. The average molecular weight is 353 g/mol. The highest BCUT2D eigenvalue weighted by Gasteiger charge is 2.25. The molecule has 134 valence electrons. The van der Waals surface area contributed by atoms with Crippen LogP contribution >= 0.6 is 0 Å². The maximum absolute atomic E-state index is 11.9. The third-order valence-corrected chi connectivity index (χ3v) is 4.33. The highest BCUT2D eigenvalue weighted by molar-refractivity contribution is 5.91. The van der Waals surface area contributed by atoms with Crippen LogP contribution in [0, 0.1) is 0 Å². The molecule has 1 saturated carbocycles. The minimum Gasteiger partial charge on any atom is -0.454 e. The van der Waals surface area contributed by atoms with E-state index < -0.39 is 0 Å². The molecule has 4 rings (SSSR count). The second kappa shape index (κ2) is 7.03. The van der Waals surface area contributed by atoms with Crippen molar-refractivity contribution in [2.45, 2.75) is 25.3 Å². The van der Waals surface area contributed by atoms with Gasteiger partial charge in [-0.3, -0.25) is 9.59 Å². The molecule has 0 bridgehead atoms.